The number of fused-ring (bicyclic) bond motifs is 1. The van der Waals surface area contributed by atoms with Crippen molar-refractivity contribution in [1.82, 2.24) is 9.88 Å². The van der Waals surface area contributed by atoms with Crippen LogP contribution in [0.5, 0.6) is 0 Å². The lowest BCUT2D eigenvalue weighted by atomic mass is 10.2. The Morgan fingerprint density at radius 2 is 2.14 bits per heavy atom. The molecule has 1 aromatic carbocycles. The van der Waals surface area contributed by atoms with Crippen molar-refractivity contribution in [3.05, 3.63) is 33.7 Å². The minimum atomic E-state index is -0.569. The number of rotatable bonds is 1. The molecule has 0 radical (unpaired) electrons. The molecule has 0 aliphatic carbocycles. The van der Waals surface area contributed by atoms with Crippen LogP contribution in [0.1, 0.15) is 23.8 Å². The van der Waals surface area contributed by atoms with Crippen molar-refractivity contribution >= 4 is 40.0 Å². The Morgan fingerprint density at radius 3 is 2.76 bits per heavy atom. The highest BCUT2D eigenvalue weighted by Gasteiger charge is 2.33. The van der Waals surface area contributed by atoms with E-state index < -0.39 is 5.82 Å². The Kier molecular flexibility index (Phi) is 3.59. The molecular formula is C14H14Cl2FN3O. The summed E-state index contributed by atoms with van der Waals surface area (Å²) in [6, 6.07) is 2.76. The fourth-order valence-electron chi connectivity index (χ4n) is 2.83. The molecule has 7 heteroatoms. The molecule has 1 aliphatic rings. The summed E-state index contributed by atoms with van der Waals surface area (Å²) in [5, 5.41) is 0.393. The molecule has 1 saturated heterocycles. The molecule has 21 heavy (non-hydrogen) atoms. The number of carbonyl (C=O) groups excluding carboxylic acids is 1. The van der Waals surface area contributed by atoms with E-state index in [1.165, 1.54) is 12.1 Å². The first-order valence-corrected chi connectivity index (χ1v) is 7.37. The number of carbonyl (C=O) groups is 1. The quantitative estimate of drug-likeness (QED) is 0.844. The van der Waals surface area contributed by atoms with Gasteiger partial charge in [0.1, 0.15) is 11.5 Å². The predicted molar refractivity (Wildman–Crippen MR) is 81.4 cm³/mol. The number of aromatic amines is 1. The molecule has 4 nitrogen and oxygen atoms in total. The first-order valence-electron chi connectivity index (χ1n) is 6.62. The van der Waals surface area contributed by atoms with Crippen molar-refractivity contribution in [1.29, 1.82) is 0 Å². The van der Waals surface area contributed by atoms with E-state index in [0.29, 0.717) is 17.4 Å². The molecule has 3 N–H and O–H groups in total. The van der Waals surface area contributed by atoms with E-state index in [1.54, 1.807) is 4.90 Å². The molecule has 0 bridgehead atoms. The summed E-state index contributed by atoms with van der Waals surface area (Å²) in [6.07, 6.45) is 0.749. The maximum atomic E-state index is 13.5. The minimum absolute atomic E-state index is 0.0341. The van der Waals surface area contributed by atoms with Gasteiger partial charge in [-0.2, -0.15) is 0 Å². The minimum Gasteiger partial charge on any atom is -0.349 e. The van der Waals surface area contributed by atoms with Gasteiger partial charge >= 0.3 is 0 Å². The fourth-order valence-corrected chi connectivity index (χ4v) is 3.46. The molecule has 2 atom stereocenters. The Morgan fingerprint density at radius 1 is 1.43 bits per heavy atom. The average Bonchev–Trinajstić information content (AvgIpc) is 2.94. The van der Waals surface area contributed by atoms with Crippen LogP contribution in [-0.4, -0.2) is 34.4 Å². The number of amides is 1. The van der Waals surface area contributed by atoms with Crippen LogP contribution in [0.25, 0.3) is 10.9 Å². The van der Waals surface area contributed by atoms with E-state index >= 15 is 0 Å². The van der Waals surface area contributed by atoms with Gasteiger partial charge in [0, 0.05) is 29.5 Å². The molecule has 112 valence electrons. The monoisotopic (exact) mass is 329 g/mol. The van der Waals surface area contributed by atoms with E-state index in [2.05, 4.69) is 4.98 Å². The first-order chi connectivity index (χ1) is 9.90. The summed E-state index contributed by atoms with van der Waals surface area (Å²) in [5.41, 5.74) is 6.64. The molecule has 0 saturated carbocycles. The van der Waals surface area contributed by atoms with Gasteiger partial charge in [0.2, 0.25) is 0 Å². The van der Waals surface area contributed by atoms with Crippen LogP contribution in [-0.2, 0) is 0 Å². The molecule has 1 fully saturated rings. The number of hydrogen-bond donors (Lipinski definition) is 2. The lowest BCUT2D eigenvalue weighted by Gasteiger charge is -2.20. The summed E-state index contributed by atoms with van der Waals surface area (Å²) in [6.45, 7) is 2.42. The molecule has 0 spiro atoms. The number of H-pyrrole nitrogens is 1. The zero-order valence-corrected chi connectivity index (χ0v) is 12.8. The number of nitrogens with one attached hydrogen (secondary N) is 1. The standard InChI is InChI=1S/C14H14Cl2FN3O/c1-6-4-7(18)5-20(6)14(21)13-12(16)10-9(19-13)3-2-8(17)11(10)15/h2-3,6-7,19H,4-5,18H2,1H3. The fraction of sp³-hybridized carbons (Fsp3) is 0.357. The maximum absolute atomic E-state index is 13.5. The maximum Gasteiger partial charge on any atom is 0.272 e. The Hall–Kier alpha value is -1.30. The van der Waals surface area contributed by atoms with E-state index in [9.17, 15) is 9.18 Å². The van der Waals surface area contributed by atoms with Crippen molar-refractivity contribution in [2.75, 3.05) is 6.54 Å². The van der Waals surface area contributed by atoms with Crippen molar-refractivity contribution in [3.8, 4) is 0 Å². The summed E-state index contributed by atoms with van der Waals surface area (Å²) in [4.78, 5) is 17.2. The SMILES string of the molecule is CC1CC(N)CN1C(=O)c1[nH]c2ccc(F)c(Cl)c2c1Cl. The number of aromatic nitrogens is 1. The molecule has 3 rings (SSSR count). The van der Waals surface area contributed by atoms with Crippen molar-refractivity contribution in [2.24, 2.45) is 5.73 Å². The number of hydrogen-bond acceptors (Lipinski definition) is 2. The largest absolute Gasteiger partial charge is 0.349 e. The average molecular weight is 330 g/mol. The zero-order chi connectivity index (χ0) is 15.3. The molecule has 1 aliphatic heterocycles. The highest BCUT2D eigenvalue weighted by molar-refractivity contribution is 6.44. The van der Waals surface area contributed by atoms with Crippen LogP contribution in [0.4, 0.5) is 4.39 Å². The Labute approximate surface area is 131 Å². The Balaban J connectivity index is 2.07. The van der Waals surface area contributed by atoms with Gasteiger partial charge in [-0.05, 0) is 25.5 Å². The van der Waals surface area contributed by atoms with Gasteiger partial charge in [-0.3, -0.25) is 4.79 Å². The van der Waals surface area contributed by atoms with Crippen LogP contribution in [0.3, 0.4) is 0 Å². The van der Waals surface area contributed by atoms with E-state index in [0.717, 1.165) is 6.42 Å². The molecular weight excluding hydrogens is 316 g/mol. The zero-order valence-electron chi connectivity index (χ0n) is 11.3. The van der Waals surface area contributed by atoms with Crippen LogP contribution < -0.4 is 5.73 Å². The van der Waals surface area contributed by atoms with Gasteiger partial charge in [-0.25, -0.2) is 4.39 Å². The normalized spacial score (nSPS) is 22.2. The summed E-state index contributed by atoms with van der Waals surface area (Å²) < 4.78 is 13.5. The third-order valence-electron chi connectivity index (χ3n) is 3.88. The van der Waals surface area contributed by atoms with Crippen LogP contribution in [0, 0.1) is 5.82 Å². The second-order valence-electron chi connectivity index (χ2n) is 5.40. The molecule has 2 heterocycles. The van der Waals surface area contributed by atoms with Crippen molar-refractivity contribution < 1.29 is 9.18 Å². The molecule has 2 aromatic rings. The molecule has 1 amide bonds. The van der Waals surface area contributed by atoms with E-state index in [4.69, 9.17) is 28.9 Å². The number of likely N-dealkylation sites (tertiary alicyclic amines) is 1. The molecule has 1 aromatic heterocycles. The van der Waals surface area contributed by atoms with Gasteiger partial charge in [0.05, 0.1) is 10.0 Å². The van der Waals surface area contributed by atoms with E-state index in [-0.39, 0.29) is 33.7 Å². The number of halogens is 3. The number of nitrogens with two attached hydrogens (primary N) is 1. The van der Waals surface area contributed by atoms with Crippen LogP contribution in [0.2, 0.25) is 10.0 Å². The van der Waals surface area contributed by atoms with Gasteiger partial charge in [0.25, 0.3) is 5.91 Å². The highest BCUT2D eigenvalue weighted by Crippen LogP contribution is 2.35. The van der Waals surface area contributed by atoms with Crippen molar-refractivity contribution in [2.45, 2.75) is 25.4 Å². The van der Waals surface area contributed by atoms with Crippen LogP contribution in [0.15, 0.2) is 12.1 Å². The van der Waals surface area contributed by atoms with Crippen molar-refractivity contribution in [3.63, 3.8) is 0 Å². The third kappa shape index (κ3) is 2.29. The lowest BCUT2D eigenvalue weighted by molar-refractivity contribution is 0.0741. The van der Waals surface area contributed by atoms with E-state index in [1.807, 2.05) is 6.92 Å². The van der Waals surface area contributed by atoms with Crippen LogP contribution >= 0.6 is 23.2 Å². The summed E-state index contributed by atoms with van der Waals surface area (Å²) in [5.74, 6) is -0.811. The first kappa shape index (κ1) is 14.6. The summed E-state index contributed by atoms with van der Waals surface area (Å²) in [7, 11) is 0. The second kappa shape index (κ2) is 5.16. The van der Waals surface area contributed by atoms with Gasteiger partial charge in [0.15, 0.2) is 0 Å². The third-order valence-corrected chi connectivity index (χ3v) is 4.62. The lowest BCUT2D eigenvalue weighted by Crippen LogP contribution is -2.35. The summed E-state index contributed by atoms with van der Waals surface area (Å²) >= 11 is 12.2. The smallest absolute Gasteiger partial charge is 0.272 e. The van der Waals surface area contributed by atoms with Gasteiger partial charge in [-0.1, -0.05) is 23.2 Å². The molecule has 2 unspecified atom stereocenters. The number of nitrogens with zero attached hydrogens (tertiary/aromatic N) is 1. The van der Waals surface area contributed by atoms with Gasteiger partial charge in [-0.15, -0.1) is 0 Å². The number of benzene rings is 1. The second-order valence-corrected chi connectivity index (χ2v) is 6.16. The predicted octanol–water partition coefficient (Wildman–Crippen LogP) is 3.18. The Bertz CT molecular complexity index is 731. The topological polar surface area (TPSA) is 62.1 Å². The van der Waals surface area contributed by atoms with Gasteiger partial charge < -0.3 is 15.6 Å². The highest BCUT2D eigenvalue weighted by atomic mass is 35.5.